The van der Waals surface area contributed by atoms with Gasteiger partial charge in [0.05, 0.1) is 6.04 Å². The molecule has 4 heterocycles. The van der Waals surface area contributed by atoms with Gasteiger partial charge < -0.3 is 14.4 Å². The Morgan fingerprint density at radius 1 is 1.12 bits per heavy atom. The summed E-state index contributed by atoms with van der Waals surface area (Å²) in [6, 6.07) is 4.03. The molecule has 7 heteroatoms. The molecule has 1 amide bonds. The third kappa shape index (κ3) is 3.23. The molecule has 0 N–H and O–H groups in total. The number of piperidine rings is 1. The Hall–Kier alpha value is -2.44. The molecule has 2 aromatic rings. The van der Waals surface area contributed by atoms with Crippen molar-refractivity contribution in [1.82, 2.24) is 24.6 Å². The Kier molecular flexibility index (Phi) is 4.38. The van der Waals surface area contributed by atoms with E-state index >= 15 is 0 Å². The van der Waals surface area contributed by atoms with Gasteiger partial charge in [-0.05, 0) is 44.7 Å². The second-order valence-electron chi connectivity index (χ2n) is 6.90. The number of likely N-dealkylation sites (tertiary alicyclic amines) is 1. The zero-order valence-electron chi connectivity index (χ0n) is 14.6. The van der Waals surface area contributed by atoms with Crippen molar-refractivity contribution in [1.29, 1.82) is 0 Å². The molecule has 2 aliphatic rings. The van der Waals surface area contributed by atoms with Gasteiger partial charge in [0.25, 0.3) is 5.91 Å². The van der Waals surface area contributed by atoms with Crippen LogP contribution in [0.2, 0.25) is 0 Å². The molecule has 2 aromatic heterocycles. The number of nitrogens with zero attached hydrogens (tertiary/aromatic N) is 6. The first-order valence-corrected chi connectivity index (χ1v) is 9.10. The van der Waals surface area contributed by atoms with Gasteiger partial charge in [0, 0.05) is 38.6 Å². The van der Waals surface area contributed by atoms with Gasteiger partial charge in [-0.1, -0.05) is 0 Å². The zero-order chi connectivity index (χ0) is 17.2. The van der Waals surface area contributed by atoms with Crippen molar-refractivity contribution in [2.75, 3.05) is 31.1 Å². The molecule has 2 aliphatic heterocycles. The van der Waals surface area contributed by atoms with Gasteiger partial charge in [-0.3, -0.25) is 4.79 Å². The Morgan fingerprint density at radius 2 is 1.96 bits per heavy atom. The van der Waals surface area contributed by atoms with Gasteiger partial charge in [-0.2, -0.15) is 0 Å². The highest BCUT2D eigenvalue weighted by molar-refractivity contribution is 5.92. The average molecular weight is 340 g/mol. The summed E-state index contributed by atoms with van der Waals surface area (Å²) in [6.07, 6.45) is 8.28. The normalized spacial score (nSPS) is 20.9. The van der Waals surface area contributed by atoms with Gasteiger partial charge in [0.2, 0.25) is 0 Å². The first-order valence-electron chi connectivity index (χ1n) is 9.10. The van der Waals surface area contributed by atoms with Crippen LogP contribution < -0.4 is 4.90 Å². The Bertz CT molecular complexity index is 734. The maximum absolute atomic E-state index is 12.8. The number of aromatic nitrogens is 4. The second kappa shape index (κ2) is 6.82. The Balaban J connectivity index is 1.45. The first-order chi connectivity index (χ1) is 12.2. The third-order valence-electron chi connectivity index (χ3n) is 5.24. The summed E-state index contributed by atoms with van der Waals surface area (Å²) in [6.45, 7) is 5.54. The molecule has 132 valence electrons. The van der Waals surface area contributed by atoms with Crippen LogP contribution in [-0.2, 0) is 0 Å². The maximum atomic E-state index is 12.8. The topological polar surface area (TPSA) is 67.2 Å². The highest BCUT2D eigenvalue weighted by atomic mass is 16.2. The van der Waals surface area contributed by atoms with Crippen molar-refractivity contribution in [3.8, 4) is 0 Å². The Labute approximate surface area is 147 Å². The minimum Gasteiger partial charge on any atom is -0.355 e. The fourth-order valence-corrected chi connectivity index (χ4v) is 3.86. The van der Waals surface area contributed by atoms with Crippen LogP contribution in [-0.4, -0.2) is 56.7 Å². The highest BCUT2D eigenvalue weighted by Crippen LogP contribution is 2.24. The van der Waals surface area contributed by atoms with E-state index in [0.717, 1.165) is 44.1 Å². The van der Waals surface area contributed by atoms with E-state index < -0.39 is 0 Å². The lowest BCUT2D eigenvalue weighted by molar-refractivity contribution is 0.0671. The van der Waals surface area contributed by atoms with Crippen molar-refractivity contribution >= 4 is 11.7 Å². The number of hydrogen-bond acceptors (Lipinski definition) is 5. The van der Waals surface area contributed by atoms with Gasteiger partial charge >= 0.3 is 0 Å². The molecule has 4 rings (SSSR count). The number of imidazole rings is 1. The monoisotopic (exact) mass is 340 g/mol. The lowest BCUT2D eigenvalue weighted by Gasteiger charge is -2.33. The number of aryl methyl sites for hydroxylation is 1. The van der Waals surface area contributed by atoms with Crippen molar-refractivity contribution in [2.45, 2.75) is 38.6 Å². The van der Waals surface area contributed by atoms with E-state index in [4.69, 9.17) is 0 Å². The molecular formula is C18H24N6O. The minimum absolute atomic E-state index is 0.0251. The van der Waals surface area contributed by atoms with E-state index in [2.05, 4.69) is 24.6 Å². The van der Waals surface area contributed by atoms with Crippen molar-refractivity contribution in [3.63, 3.8) is 0 Å². The molecule has 1 unspecified atom stereocenters. The lowest BCUT2D eigenvalue weighted by atomic mass is 10.0. The van der Waals surface area contributed by atoms with Gasteiger partial charge in [0.1, 0.15) is 5.82 Å². The summed E-state index contributed by atoms with van der Waals surface area (Å²) in [5.41, 5.74) is 0.436. The Morgan fingerprint density at radius 3 is 2.64 bits per heavy atom. The molecule has 0 aromatic carbocycles. The standard InChI is InChI=1S/C18H24N6O/c1-14-19-8-12-24(14)15-5-4-11-23(13-15)18(25)16-6-7-17(21-20-16)22-9-2-3-10-22/h6-8,12,15H,2-5,9-11,13H2,1H3. The van der Waals surface area contributed by atoms with Crippen LogP contribution in [0.5, 0.6) is 0 Å². The molecule has 2 saturated heterocycles. The summed E-state index contributed by atoms with van der Waals surface area (Å²) >= 11 is 0. The molecule has 25 heavy (non-hydrogen) atoms. The van der Waals surface area contributed by atoms with Crippen LogP contribution in [0.1, 0.15) is 48.0 Å². The summed E-state index contributed by atoms with van der Waals surface area (Å²) in [5.74, 6) is 1.84. The van der Waals surface area contributed by atoms with Crippen LogP contribution in [0.25, 0.3) is 0 Å². The second-order valence-corrected chi connectivity index (χ2v) is 6.90. The van der Waals surface area contributed by atoms with E-state index in [1.807, 2.05) is 36.4 Å². The highest BCUT2D eigenvalue weighted by Gasteiger charge is 2.27. The number of anilines is 1. The molecule has 2 fully saturated rings. The van der Waals surface area contributed by atoms with Crippen molar-refractivity contribution in [3.05, 3.63) is 36.0 Å². The van der Waals surface area contributed by atoms with E-state index in [0.29, 0.717) is 12.2 Å². The number of amides is 1. The molecule has 0 saturated carbocycles. The minimum atomic E-state index is -0.0251. The summed E-state index contributed by atoms with van der Waals surface area (Å²) in [7, 11) is 0. The van der Waals surface area contributed by atoms with Crippen LogP contribution >= 0.6 is 0 Å². The van der Waals surface area contributed by atoms with Crippen molar-refractivity contribution in [2.24, 2.45) is 0 Å². The number of carbonyl (C=O) groups excluding carboxylic acids is 1. The number of hydrogen-bond donors (Lipinski definition) is 0. The quantitative estimate of drug-likeness (QED) is 0.855. The van der Waals surface area contributed by atoms with Crippen LogP contribution in [0.4, 0.5) is 5.82 Å². The number of carbonyl (C=O) groups is 1. The van der Waals surface area contributed by atoms with E-state index in [-0.39, 0.29) is 11.9 Å². The smallest absolute Gasteiger partial charge is 0.274 e. The van der Waals surface area contributed by atoms with Crippen LogP contribution in [0, 0.1) is 6.92 Å². The zero-order valence-corrected chi connectivity index (χ0v) is 14.6. The average Bonchev–Trinajstić information content (AvgIpc) is 3.33. The maximum Gasteiger partial charge on any atom is 0.274 e. The van der Waals surface area contributed by atoms with Gasteiger partial charge in [-0.15, -0.1) is 10.2 Å². The van der Waals surface area contributed by atoms with E-state index in [1.165, 1.54) is 12.8 Å². The van der Waals surface area contributed by atoms with Crippen LogP contribution in [0.15, 0.2) is 24.5 Å². The van der Waals surface area contributed by atoms with Gasteiger partial charge in [0.15, 0.2) is 11.5 Å². The van der Waals surface area contributed by atoms with Crippen molar-refractivity contribution < 1.29 is 4.79 Å². The number of rotatable bonds is 3. The molecule has 1 atom stereocenters. The molecule has 0 radical (unpaired) electrons. The summed E-state index contributed by atoms with van der Waals surface area (Å²) in [4.78, 5) is 21.2. The summed E-state index contributed by atoms with van der Waals surface area (Å²) < 4.78 is 2.17. The van der Waals surface area contributed by atoms with E-state index in [1.54, 1.807) is 0 Å². The molecule has 0 aliphatic carbocycles. The molecule has 0 bridgehead atoms. The fraction of sp³-hybridized carbons (Fsp3) is 0.556. The molecule has 0 spiro atoms. The lowest BCUT2D eigenvalue weighted by Crippen LogP contribution is -2.41. The van der Waals surface area contributed by atoms with Crippen LogP contribution in [0.3, 0.4) is 0 Å². The first kappa shape index (κ1) is 16.1. The molecule has 7 nitrogen and oxygen atoms in total. The predicted octanol–water partition coefficient (Wildman–Crippen LogP) is 2.06. The van der Waals surface area contributed by atoms with E-state index in [9.17, 15) is 4.79 Å². The SMILES string of the molecule is Cc1nccn1C1CCCN(C(=O)c2ccc(N3CCCC3)nn2)C1. The predicted molar refractivity (Wildman–Crippen MR) is 94.6 cm³/mol. The van der Waals surface area contributed by atoms with Gasteiger partial charge in [-0.25, -0.2) is 4.98 Å². The fourth-order valence-electron chi connectivity index (χ4n) is 3.86. The third-order valence-corrected chi connectivity index (χ3v) is 5.24. The summed E-state index contributed by atoms with van der Waals surface area (Å²) in [5, 5.41) is 8.47. The largest absolute Gasteiger partial charge is 0.355 e. The molecular weight excluding hydrogens is 316 g/mol.